The third-order valence-electron chi connectivity index (χ3n) is 2.72. The lowest BCUT2D eigenvalue weighted by molar-refractivity contribution is 0.340. The lowest BCUT2D eigenvalue weighted by Gasteiger charge is -2.06. The van der Waals surface area contributed by atoms with Gasteiger partial charge in [0.2, 0.25) is 0 Å². The fourth-order valence-electron chi connectivity index (χ4n) is 1.77. The van der Waals surface area contributed by atoms with Crippen molar-refractivity contribution in [2.45, 2.75) is 13.5 Å². The van der Waals surface area contributed by atoms with Gasteiger partial charge in [-0.15, -0.1) is 0 Å². The Morgan fingerprint density at radius 3 is 2.53 bits per heavy atom. The fraction of sp³-hybridized carbons (Fsp3) is 0.308. The molecule has 4 nitrogen and oxygen atoms in total. The quantitative estimate of drug-likeness (QED) is 0.875. The van der Waals surface area contributed by atoms with Crippen LogP contribution in [0.2, 0.25) is 0 Å². The lowest BCUT2D eigenvalue weighted by Crippen LogP contribution is -2.04. The van der Waals surface area contributed by atoms with Crippen LogP contribution in [0.15, 0.2) is 30.5 Å². The van der Waals surface area contributed by atoms with Crippen LogP contribution in [0.1, 0.15) is 12.6 Å². The van der Waals surface area contributed by atoms with E-state index >= 15 is 0 Å². The van der Waals surface area contributed by atoms with Gasteiger partial charge in [0, 0.05) is 19.2 Å². The summed E-state index contributed by atoms with van der Waals surface area (Å²) in [5.74, 6) is 1.80. The lowest BCUT2D eigenvalue weighted by atomic mass is 10.2. The second kappa shape index (κ2) is 5.01. The number of imidazole rings is 1. The number of aromatic nitrogens is 2. The summed E-state index contributed by atoms with van der Waals surface area (Å²) in [4.78, 5) is 4.37. The summed E-state index contributed by atoms with van der Waals surface area (Å²) >= 11 is 0. The van der Waals surface area contributed by atoms with Crippen molar-refractivity contribution in [3.05, 3.63) is 36.2 Å². The standard InChI is InChI=1S/C13H17N3O/c1-3-17-12-6-4-10(5-7-12)13-15-9-11(8-14)16(13)2/h4-7,9H,3,8,14H2,1-2H3. The van der Waals surface area contributed by atoms with Crippen LogP contribution in [0, 0.1) is 0 Å². The number of hydrogen-bond acceptors (Lipinski definition) is 3. The van der Waals surface area contributed by atoms with E-state index in [1.165, 1.54) is 0 Å². The number of hydrogen-bond donors (Lipinski definition) is 1. The van der Waals surface area contributed by atoms with E-state index in [9.17, 15) is 0 Å². The molecule has 0 aliphatic rings. The molecule has 2 aromatic rings. The number of nitrogens with zero attached hydrogens (tertiary/aromatic N) is 2. The van der Waals surface area contributed by atoms with Gasteiger partial charge in [0.1, 0.15) is 11.6 Å². The molecule has 4 heteroatoms. The molecule has 0 fully saturated rings. The first kappa shape index (κ1) is 11.7. The Balaban J connectivity index is 2.30. The molecule has 17 heavy (non-hydrogen) atoms. The molecule has 0 radical (unpaired) electrons. The van der Waals surface area contributed by atoms with Gasteiger partial charge in [-0.3, -0.25) is 0 Å². The van der Waals surface area contributed by atoms with E-state index in [4.69, 9.17) is 10.5 Å². The second-order valence-electron chi connectivity index (χ2n) is 3.79. The minimum absolute atomic E-state index is 0.501. The van der Waals surface area contributed by atoms with Gasteiger partial charge in [-0.1, -0.05) is 0 Å². The van der Waals surface area contributed by atoms with Gasteiger partial charge in [0.05, 0.1) is 18.5 Å². The first-order valence-corrected chi connectivity index (χ1v) is 5.70. The first-order valence-electron chi connectivity index (χ1n) is 5.70. The zero-order valence-corrected chi connectivity index (χ0v) is 10.2. The largest absolute Gasteiger partial charge is 0.494 e. The van der Waals surface area contributed by atoms with Crippen LogP contribution in [0.5, 0.6) is 5.75 Å². The van der Waals surface area contributed by atoms with E-state index < -0.39 is 0 Å². The van der Waals surface area contributed by atoms with Crippen molar-refractivity contribution in [1.29, 1.82) is 0 Å². The molecule has 0 spiro atoms. The van der Waals surface area contributed by atoms with Crippen LogP contribution in [0.25, 0.3) is 11.4 Å². The topological polar surface area (TPSA) is 53.1 Å². The summed E-state index contributed by atoms with van der Waals surface area (Å²) in [7, 11) is 1.97. The molecule has 1 aromatic heterocycles. The maximum absolute atomic E-state index is 5.62. The third-order valence-corrected chi connectivity index (χ3v) is 2.72. The maximum atomic E-state index is 5.62. The van der Waals surface area contributed by atoms with Crippen molar-refractivity contribution in [2.24, 2.45) is 12.8 Å². The van der Waals surface area contributed by atoms with Gasteiger partial charge in [-0.2, -0.15) is 0 Å². The van der Waals surface area contributed by atoms with E-state index in [-0.39, 0.29) is 0 Å². The molecule has 1 aromatic carbocycles. The normalized spacial score (nSPS) is 10.5. The molecule has 0 unspecified atom stereocenters. The molecule has 0 saturated heterocycles. The van der Waals surface area contributed by atoms with Crippen LogP contribution in [0.3, 0.4) is 0 Å². The Kier molecular flexibility index (Phi) is 3.44. The van der Waals surface area contributed by atoms with Gasteiger partial charge in [-0.05, 0) is 31.2 Å². The Bertz CT molecular complexity index is 488. The second-order valence-corrected chi connectivity index (χ2v) is 3.79. The van der Waals surface area contributed by atoms with Crippen molar-refractivity contribution in [3.8, 4) is 17.1 Å². The molecule has 0 aliphatic carbocycles. The highest BCUT2D eigenvalue weighted by atomic mass is 16.5. The number of rotatable bonds is 4. The zero-order chi connectivity index (χ0) is 12.3. The Morgan fingerprint density at radius 1 is 1.29 bits per heavy atom. The monoisotopic (exact) mass is 231 g/mol. The van der Waals surface area contributed by atoms with Crippen molar-refractivity contribution in [3.63, 3.8) is 0 Å². The first-order chi connectivity index (χ1) is 8.26. The zero-order valence-electron chi connectivity index (χ0n) is 10.2. The summed E-state index contributed by atoms with van der Waals surface area (Å²) in [5, 5.41) is 0. The fourth-order valence-corrected chi connectivity index (χ4v) is 1.77. The van der Waals surface area contributed by atoms with Gasteiger partial charge >= 0.3 is 0 Å². The predicted molar refractivity (Wildman–Crippen MR) is 67.7 cm³/mol. The molecule has 0 aliphatic heterocycles. The number of benzene rings is 1. The van der Waals surface area contributed by atoms with Crippen LogP contribution < -0.4 is 10.5 Å². The molecule has 0 atom stereocenters. The van der Waals surface area contributed by atoms with Crippen molar-refractivity contribution < 1.29 is 4.74 Å². The Labute approximate surface area is 101 Å². The predicted octanol–water partition coefficient (Wildman–Crippen LogP) is 1.94. The van der Waals surface area contributed by atoms with Gasteiger partial charge in [0.15, 0.2) is 0 Å². The third kappa shape index (κ3) is 2.31. The average molecular weight is 231 g/mol. The van der Waals surface area contributed by atoms with Gasteiger partial charge in [-0.25, -0.2) is 4.98 Å². The maximum Gasteiger partial charge on any atom is 0.139 e. The molecule has 90 valence electrons. The summed E-state index contributed by atoms with van der Waals surface area (Å²) in [5.41, 5.74) is 7.71. The van der Waals surface area contributed by atoms with E-state index in [0.717, 1.165) is 22.8 Å². The molecule has 0 amide bonds. The van der Waals surface area contributed by atoms with Crippen LogP contribution >= 0.6 is 0 Å². The average Bonchev–Trinajstić information content (AvgIpc) is 2.72. The number of nitrogens with two attached hydrogens (primary N) is 1. The minimum Gasteiger partial charge on any atom is -0.494 e. The SMILES string of the molecule is CCOc1ccc(-c2ncc(CN)n2C)cc1. The van der Waals surface area contributed by atoms with Crippen molar-refractivity contribution >= 4 is 0 Å². The number of ether oxygens (including phenoxy) is 1. The van der Waals surface area contributed by atoms with Gasteiger partial charge in [0.25, 0.3) is 0 Å². The molecule has 0 saturated carbocycles. The summed E-state index contributed by atoms with van der Waals surface area (Å²) < 4.78 is 7.42. The van der Waals surface area contributed by atoms with Crippen LogP contribution in [-0.2, 0) is 13.6 Å². The van der Waals surface area contributed by atoms with E-state index in [1.807, 2.05) is 49.0 Å². The van der Waals surface area contributed by atoms with Crippen LogP contribution in [-0.4, -0.2) is 16.2 Å². The molecule has 2 N–H and O–H groups in total. The summed E-state index contributed by atoms with van der Waals surface area (Å²) in [6.45, 7) is 3.15. The summed E-state index contributed by atoms with van der Waals surface area (Å²) in [6.07, 6.45) is 1.81. The van der Waals surface area contributed by atoms with Gasteiger partial charge < -0.3 is 15.0 Å². The highest BCUT2D eigenvalue weighted by Crippen LogP contribution is 2.21. The van der Waals surface area contributed by atoms with Crippen molar-refractivity contribution in [1.82, 2.24) is 9.55 Å². The highest BCUT2D eigenvalue weighted by Gasteiger charge is 2.07. The molecular weight excluding hydrogens is 214 g/mol. The molecular formula is C13H17N3O. The Morgan fingerprint density at radius 2 is 2.00 bits per heavy atom. The van der Waals surface area contributed by atoms with Crippen LogP contribution in [0.4, 0.5) is 0 Å². The smallest absolute Gasteiger partial charge is 0.139 e. The Hall–Kier alpha value is -1.81. The molecule has 0 bridgehead atoms. The molecule has 2 rings (SSSR count). The summed E-state index contributed by atoms with van der Waals surface area (Å²) in [6, 6.07) is 7.92. The minimum atomic E-state index is 0.501. The highest BCUT2D eigenvalue weighted by molar-refractivity contribution is 5.57. The van der Waals surface area contributed by atoms with E-state index in [1.54, 1.807) is 0 Å². The molecule has 1 heterocycles. The van der Waals surface area contributed by atoms with E-state index in [2.05, 4.69) is 4.98 Å². The van der Waals surface area contributed by atoms with Crippen molar-refractivity contribution in [2.75, 3.05) is 6.61 Å². The van der Waals surface area contributed by atoms with E-state index in [0.29, 0.717) is 13.2 Å².